The number of nitrogens with zero attached hydrogens (tertiary/aromatic N) is 1. The number of rotatable bonds is 4. The van der Waals surface area contributed by atoms with Crippen molar-refractivity contribution in [2.75, 3.05) is 4.90 Å². The first-order valence-corrected chi connectivity index (χ1v) is 7.36. The van der Waals surface area contributed by atoms with Gasteiger partial charge in [0.2, 0.25) is 0 Å². The number of urea groups is 1. The Morgan fingerprint density at radius 2 is 2.05 bits per heavy atom. The van der Waals surface area contributed by atoms with E-state index < -0.39 is 12.0 Å². The molecule has 0 saturated carbocycles. The minimum atomic E-state index is -0.973. The highest BCUT2D eigenvalue weighted by atomic mass is 16.4. The summed E-state index contributed by atoms with van der Waals surface area (Å²) in [5.41, 5.74) is 1.60. The molecule has 0 saturated heterocycles. The van der Waals surface area contributed by atoms with Crippen molar-refractivity contribution in [3.05, 3.63) is 29.8 Å². The second-order valence-corrected chi connectivity index (χ2v) is 5.77. The zero-order valence-electron chi connectivity index (χ0n) is 12.7. The van der Waals surface area contributed by atoms with Gasteiger partial charge < -0.3 is 10.4 Å². The summed E-state index contributed by atoms with van der Waals surface area (Å²) in [5, 5.41) is 12.3. The van der Waals surface area contributed by atoms with Crippen LogP contribution in [0.5, 0.6) is 0 Å². The molecular formula is C16H22N2O3. The summed E-state index contributed by atoms with van der Waals surface area (Å²) in [7, 11) is 0. The van der Waals surface area contributed by atoms with E-state index in [9.17, 15) is 14.7 Å². The molecule has 0 fully saturated rings. The fourth-order valence-corrected chi connectivity index (χ4v) is 2.80. The predicted molar refractivity (Wildman–Crippen MR) is 81.5 cm³/mol. The van der Waals surface area contributed by atoms with Crippen molar-refractivity contribution < 1.29 is 14.7 Å². The molecule has 21 heavy (non-hydrogen) atoms. The van der Waals surface area contributed by atoms with Crippen molar-refractivity contribution in [1.82, 2.24) is 5.32 Å². The van der Waals surface area contributed by atoms with Crippen LogP contribution in [-0.4, -0.2) is 29.2 Å². The number of carboxylic acids is 1. The van der Waals surface area contributed by atoms with Crippen molar-refractivity contribution in [2.24, 2.45) is 5.92 Å². The normalized spacial score (nSPS) is 18.5. The van der Waals surface area contributed by atoms with Gasteiger partial charge in [0, 0.05) is 18.2 Å². The number of anilines is 1. The Kier molecular flexibility index (Phi) is 4.50. The molecule has 5 nitrogen and oxygen atoms in total. The smallest absolute Gasteiger partial charge is 0.327 e. The van der Waals surface area contributed by atoms with E-state index in [0.29, 0.717) is 18.0 Å². The highest BCUT2D eigenvalue weighted by Gasteiger charge is 2.38. The summed E-state index contributed by atoms with van der Waals surface area (Å²) >= 11 is 0. The second kappa shape index (κ2) is 6.16. The van der Waals surface area contributed by atoms with Crippen LogP contribution in [-0.2, 0) is 11.2 Å². The molecule has 1 aliphatic heterocycles. The molecule has 2 N–H and O–H groups in total. The van der Waals surface area contributed by atoms with Gasteiger partial charge in [-0.1, -0.05) is 39.0 Å². The van der Waals surface area contributed by atoms with Crippen LogP contribution in [0.3, 0.4) is 0 Å². The van der Waals surface area contributed by atoms with Gasteiger partial charge in [-0.25, -0.2) is 9.59 Å². The number of nitrogens with one attached hydrogen (secondary N) is 1. The van der Waals surface area contributed by atoms with Crippen molar-refractivity contribution >= 4 is 17.7 Å². The van der Waals surface area contributed by atoms with Gasteiger partial charge in [-0.05, 0) is 24.0 Å². The SMILES string of the molecule is CCC(NC(=O)N1c2ccccc2CC1C(=O)O)C(C)C. The van der Waals surface area contributed by atoms with Crippen LogP contribution in [0.2, 0.25) is 0 Å². The van der Waals surface area contributed by atoms with E-state index in [-0.39, 0.29) is 12.1 Å². The summed E-state index contributed by atoms with van der Waals surface area (Å²) in [4.78, 5) is 25.4. The van der Waals surface area contributed by atoms with E-state index in [0.717, 1.165) is 12.0 Å². The highest BCUT2D eigenvalue weighted by molar-refractivity contribution is 6.01. The molecule has 2 atom stereocenters. The largest absolute Gasteiger partial charge is 0.480 e. The average molecular weight is 290 g/mol. The molecule has 1 aliphatic rings. The fourth-order valence-electron chi connectivity index (χ4n) is 2.80. The highest BCUT2D eigenvalue weighted by Crippen LogP contribution is 2.32. The Morgan fingerprint density at radius 1 is 1.38 bits per heavy atom. The average Bonchev–Trinajstić information content (AvgIpc) is 2.83. The van der Waals surface area contributed by atoms with Gasteiger partial charge in [-0.2, -0.15) is 0 Å². The predicted octanol–water partition coefficient (Wildman–Crippen LogP) is 2.65. The first-order chi connectivity index (χ1) is 9.95. The Morgan fingerprint density at radius 3 is 2.62 bits per heavy atom. The van der Waals surface area contributed by atoms with Gasteiger partial charge in [0.1, 0.15) is 6.04 Å². The maximum Gasteiger partial charge on any atom is 0.327 e. The minimum absolute atomic E-state index is 0.0414. The fraction of sp³-hybridized carbons (Fsp3) is 0.500. The lowest BCUT2D eigenvalue weighted by molar-refractivity contribution is -0.138. The Balaban J connectivity index is 2.26. The number of amides is 2. The Hall–Kier alpha value is -2.04. The molecule has 1 aromatic carbocycles. The Labute approximate surface area is 125 Å². The molecule has 5 heteroatoms. The molecule has 1 aromatic rings. The zero-order chi connectivity index (χ0) is 15.6. The third-order valence-corrected chi connectivity index (χ3v) is 4.03. The molecule has 0 aromatic heterocycles. The number of carboxylic acid groups (broad SMARTS) is 1. The molecule has 2 rings (SSSR count). The van der Waals surface area contributed by atoms with Crippen LogP contribution in [0.1, 0.15) is 32.8 Å². The molecule has 2 unspecified atom stereocenters. The quantitative estimate of drug-likeness (QED) is 0.895. The number of hydrogen-bond acceptors (Lipinski definition) is 2. The van der Waals surface area contributed by atoms with Crippen LogP contribution in [0.25, 0.3) is 0 Å². The van der Waals surface area contributed by atoms with Crippen LogP contribution < -0.4 is 10.2 Å². The number of carbonyl (C=O) groups is 2. The molecule has 0 aliphatic carbocycles. The molecular weight excluding hydrogens is 268 g/mol. The summed E-state index contributed by atoms with van der Waals surface area (Å²) in [6.45, 7) is 6.10. The second-order valence-electron chi connectivity index (χ2n) is 5.77. The number of aliphatic carboxylic acids is 1. The maximum atomic E-state index is 12.5. The number of benzene rings is 1. The van der Waals surface area contributed by atoms with E-state index in [1.807, 2.05) is 39.0 Å². The minimum Gasteiger partial charge on any atom is -0.480 e. The first-order valence-electron chi connectivity index (χ1n) is 7.36. The van der Waals surface area contributed by atoms with E-state index in [1.54, 1.807) is 6.07 Å². The van der Waals surface area contributed by atoms with Crippen molar-refractivity contribution in [3.63, 3.8) is 0 Å². The van der Waals surface area contributed by atoms with Crippen LogP contribution in [0.4, 0.5) is 10.5 Å². The topological polar surface area (TPSA) is 69.6 Å². The van der Waals surface area contributed by atoms with Crippen LogP contribution in [0.15, 0.2) is 24.3 Å². The van der Waals surface area contributed by atoms with Gasteiger partial charge in [0.15, 0.2) is 0 Å². The van der Waals surface area contributed by atoms with Crippen LogP contribution in [0, 0.1) is 5.92 Å². The lowest BCUT2D eigenvalue weighted by Crippen LogP contribution is -2.51. The monoisotopic (exact) mass is 290 g/mol. The summed E-state index contributed by atoms with van der Waals surface area (Å²) < 4.78 is 0. The number of carbonyl (C=O) groups excluding carboxylic acids is 1. The third-order valence-electron chi connectivity index (χ3n) is 4.03. The lowest BCUT2D eigenvalue weighted by Gasteiger charge is -2.27. The van der Waals surface area contributed by atoms with Gasteiger partial charge in [-0.15, -0.1) is 0 Å². The maximum absolute atomic E-state index is 12.5. The van der Waals surface area contributed by atoms with Crippen molar-refractivity contribution in [1.29, 1.82) is 0 Å². The van der Waals surface area contributed by atoms with Crippen molar-refractivity contribution in [3.8, 4) is 0 Å². The molecule has 2 amide bonds. The molecule has 114 valence electrons. The van der Waals surface area contributed by atoms with Gasteiger partial charge in [-0.3, -0.25) is 4.90 Å². The van der Waals surface area contributed by atoms with E-state index in [4.69, 9.17) is 0 Å². The van der Waals surface area contributed by atoms with Crippen molar-refractivity contribution in [2.45, 2.75) is 45.7 Å². The lowest BCUT2D eigenvalue weighted by atomic mass is 10.0. The van der Waals surface area contributed by atoms with Gasteiger partial charge >= 0.3 is 12.0 Å². The van der Waals surface area contributed by atoms with E-state index >= 15 is 0 Å². The summed E-state index contributed by atoms with van der Waals surface area (Å²) in [6.07, 6.45) is 1.17. The third kappa shape index (κ3) is 3.01. The van der Waals surface area contributed by atoms with E-state index in [1.165, 1.54) is 4.90 Å². The van der Waals surface area contributed by atoms with Gasteiger partial charge in [0.05, 0.1) is 0 Å². The number of para-hydroxylation sites is 1. The van der Waals surface area contributed by atoms with E-state index in [2.05, 4.69) is 5.32 Å². The molecule has 0 radical (unpaired) electrons. The number of fused-ring (bicyclic) bond motifs is 1. The zero-order valence-corrected chi connectivity index (χ0v) is 12.7. The molecule has 0 bridgehead atoms. The standard InChI is InChI=1S/C16H22N2O3/c1-4-12(10(2)3)17-16(21)18-13-8-6-5-7-11(13)9-14(18)15(19)20/h5-8,10,12,14H,4,9H2,1-3H3,(H,17,21)(H,19,20). The van der Waals surface area contributed by atoms with Gasteiger partial charge in [0.25, 0.3) is 0 Å². The van der Waals surface area contributed by atoms with Crippen LogP contribution >= 0.6 is 0 Å². The molecule has 1 heterocycles. The summed E-state index contributed by atoms with van der Waals surface area (Å²) in [6, 6.07) is 6.25. The Bertz CT molecular complexity index is 542. The summed E-state index contributed by atoms with van der Waals surface area (Å²) in [5.74, 6) is -0.668. The number of hydrogen-bond donors (Lipinski definition) is 2. The first kappa shape index (κ1) is 15.4. The molecule has 0 spiro atoms.